The number of carbonyl (C=O) groups is 2. The molecule has 0 aliphatic carbocycles. The van der Waals surface area contributed by atoms with Crippen molar-refractivity contribution in [2.75, 3.05) is 19.5 Å². The monoisotopic (exact) mass is 291 g/mol. The van der Waals surface area contributed by atoms with Gasteiger partial charge in [-0.05, 0) is 24.3 Å². The van der Waals surface area contributed by atoms with Gasteiger partial charge >= 0.3 is 12.1 Å². The second kappa shape index (κ2) is 5.66. The molecule has 7 heteroatoms. The molecule has 1 N–H and O–H groups in total. The second-order valence-corrected chi connectivity index (χ2v) is 4.29. The number of nitrogens with zero attached hydrogens (tertiary/aromatic N) is 2. The smallest absolute Gasteiger partial charge is 0.336 e. The molecule has 0 atom stereocenters. The third kappa shape index (κ3) is 2.86. The van der Waals surface area contributed by atoms with Crippen molar-refractivity contribution in [3.05, 3.63) is 48.6 Å². The number of methoxy groups -OCH3 is 1. The number of benzene rings is 1. The number of anilines is 1. The van der Waals surface area contributed by atoms with Gasteiger partial charge in [0.05, 0.1) is 19.0 Å². The molecule has 2 rings (SSSR count). The van der Waals surface area contributed by atoms with Crippen LogP contribution in [0.15, 0.2) is 48.6 Å². The van der Waals surface area contributed by atoms with Gasteiger partial charge in [-0.3, -0.25) is 4.90 Å². The van der Waals surface area contributed by atoms with Crippen LogP contribution in [-0.2, 0) is 0 Å². The van der Waals surface area contributed by atoms with Crippen LogP contribution in [0.5, 0.6) is 5.75 Å². The molecule has 0 radical (unpaired) electrons. The highest BCUT2D eigenvalue weighted by Crippen LogP contribution is 2.23. The summed E-state index contributed by atoms with van der Waals surface area (Å²) in [6.07, 6.45) is 0.809. The molecular weight excluding hydrogens is 277 g/mol. The molecule has 1 aliphatic heterocycles. The topological polar surface area (TPSA) is 61.9 Å². The maximum absolute atomic E-state index is 13.6. The number of urea groups is 2. The van der Waals surface area contributed by atoms with E-state index in [4.69, 9.17) is 4.74 Å². The van der Waals surface area contributed by atoms with Crippen molar-refractivity contribution in [3.8, 4) is 5.75 Å². The summed E-state index contributed by atoms with van der Waals surface area (Å²) in [5, 5.41) is 2.49. The highest BCUT2D eigenvalue weighted by atomic mass is 19.1. The molecule has 0 unspecified atom stereocenters. The van der Waals surface area contributed by atoms with E-state index in [0.29, 0.717) is 16.3 Å². The fraction of sp³-hybridized carbons (Fsp3) is 0.143. The molecule has 4 amide bonds. The van der Waals surface area contributed by atoms with Crippen molar-refractivity contribution < 1.29 is 18.7 Å². The van der Waals surface area contributed by atoms with E-state index in [2.05, 4.69) is 11.9 Å². The van der Waals surface area contributed by atoms with Crippen molar-refractivity contribution in [2.45, 2.75) is 0 Å². The van der Waals surface area contributed by atoms with Gasteiger partial charge in [-0.25, -0.2) is 18.9 Å². The predicted octanol–water partition coefficient (Wildman–Crippen LogP) is 2.92. The van der Waals surface area contributed by atoms with Crippen LogP contribution in [0.1, 0.15) is 0 Å². The van der Waals surface area contributed by atoms with Gasteiger partial charge in [0.2, 0.25) is 0 Å². The number of hydrogen-bond donors (Lipinski definition) is 1. The number of nitrogens with one attached hydrogen (secondary N) is 1. The van der Waals surface area contributed by atoms with E-state index in [-0.39, 0.29) is 5.70 Å². The summed E-state index contributed by atoms with van der Waals surface area (Å²) < 4.78 is 18.6. The predicted molar refractivity (Wildman–Crippen MR) is 75.3 cm³/mol. The lowest BCUT2D eigenvalue weighted by Gasteiger charge is -2.29. The normalized spacial score (nSPS) is 14.9. The number of carbonyl (C=O) groups excluding carboxylic acids is 2. The zero-order chi connectivity index (χ0) is 15.6. The Morgan fingerprint density at radius 3 is 2.52 bits per heavy atom. The van der Waals surface area contributed by atoms with E-state index in [1.165, 1.54) is 14.2 Å². The molecule has 21 heavy (non-hydrogen) atoms. The lowest BCUT2D eigenvalue weighted by molar-refractivity contribution is 0.183. The zero-order valence-corrected chi connectivity index (χ0v) is 11.6. The van der Waals surface area contributed by atoms with Crippen LogP contribution in [0.2, 0.25) is 0 Å². The number of allylic oxidation sites excluding steroid dienone is 1. The Balaban J connectivity index is 2.15. The lowest BCUT2D eigenvalue weighted by Crippen LogP contribution is -2.46. The van der Waals surface area contributed by atoms with Gasteiger partial charge in [0.1, 0.15) is 5.75 Å². The van der Waals surface area contributed by atoms with Crippen LogP contribution in [0.3, 0.4) is 0 Å². The van der Waals surface area contributed by atoms with Crippen LogP contribution < -0.4 is 10.1 Å². The van der Waals surface area contributed by atoms with E-state index < -0.39 is 17.9 Å². The SMILES string of the molecule is C=C1C(F)=CN(C(=O)Nc2ccc(OC)cc2)C(=O)N1C. The fourth-order valence-electron chi connectivity index (χ4n) is 1.68. The Morgan fingerprint density at radius 2 is 1.95 bits per heavy atom. The summed E-state index contributed by atoms with van der Waals surface area (Å²) in [7, 11) is 2.86. The summed E-state index contributed by atoms with van der Waals surface area (Å²) >= 11 is 0. The van der Waals surface area contributed by atoms with Gasteiger partial charge in [-0.1, -0.05) is 6.58 Å². The van der Waals surface area contributed by atoms with Crippen molar-refractivity contribution in [1.82, 2.24) is 9.80 Å². The Morgan fingerprint density at radius 1 is 1.33 bits per heavy atom. The first-order valence-electron chi connectivity index (χ1n) is 6.02. The van der Waals surface area contributed by atoms with Gasteiger partial charge in [0, 0.05) is 12.7 Å². The van der Waals surface area contributed by atoms with E-state index >= 15 is 0 Å². The van der Waals surface area contributed by atoms with Crippen molar-refractivity contribution in [2.24, 2.45) is 0 Å². The molecule has 1 aromatic carbocycles. The first kappa shape index (κ1) is 14.6. The van der Waals surface area contributed by atoms with E-state index in [1.807, 2.05) is 0 Å². The molecule has 0 saturated carbocycles. The Kier molecular flexibility index (Phi) is 3.93. The highest BCUT2D eigenvalue weighted by Gasteiger charge is 2.31. The third-order valence-corrected chi connectivity index (χ3v) is 2.98. The van der Waals surface area contributed by atoms with Crippen LogP contribution >= 0.6 is 0 Å². The summed E-state index contributed by atoms with van der Waals surface area (Å²) in [5.74, 6) is -0.119. The van der Waals surface area contributed by atoms with Crippen LogP contribution in [0.4, 0.5) is 19.7 Å². The Bertz CT molecular complexity index is 625. The minimum atomic E-state index is -0.764. The second-order valence-electron chi connectivity index (χ2n) is 4.29. The molecule has 1 aliphatic rings. The third-order valence-electron chi connectivity index (χ3n) is 2.98. The summed E-state index contributed by atoms with van der Waals surface area (Å²) in [5.41, 5.74) is 0.364. The molecule has 0 aromatic heterocycles. The van der Waals surface area contributed by atoms with Crippen molar-refractivity contribution >= 4 is 17.7 Å². The van der Waals surface area contributed by atoms with Crippen LogP contribution in [0, 0.1) is 0 Å². The number of likely N-dealkylation sites (N-methyl/N-ethyl adjacent to an activating group) is 1. The standard InChI is InChI=1S/C14H14FN3O3/c1-9-12(15)8-18(14(20)17(9)2)13(19)16-10-4-6-11(21-3)7-5-10/h4-8H,1H2,2-3H3,(H,16,19). The van der Waals surface area contributed by atoms with E-state index in [1.54, 1.807) is 24.3 Å². The number of ether oxygens (including phenoxy) is 1. The van der Waals surface area contributed by atoms with Crippen molar-refractivity contribution in [3.63, 3.8) is 0 Å². The average molecular weight is 291 g/mol. The lowest BCUT2D eigenvalue weighted by atomic mass is 10.3. The van der Waals surface area contributed by atoms with E-state index in [9.17, 15) is 14.0 Å². The minimum Gasteiger partial charge on any atom is -0.497 e. The highest BCUT2D eigenvalue weighted by molar-refractivity contribution is 6.02. The van der Waals surface area contributed by atoms with Crippen LogP contribution in [0.25, 0.3) is 0 Å². The molecule has 0 saturated heterocycles. The number of imide groups is 1. The summed E-state index contributed by atoms with van der Waals surface area (Å²) in [6.45, 7) is 3.41. The number of halogens is 1. The van der Waals surface area contributed by atoms with Gasteiger partial charge < -0.3 is 10.1 Å². The maximum atomic E-state index is 13.6. The molecule has 1 aromatic rings. The maximum Gasteiger partial charge on any atom is 0.336 e. The van der Waals surface area contributed by atoms with Crippen molar-refractivity contribution in [1.29, 1.82) is 0 Å². The molecule has 0 fully saturated rings. The first-order valence-corrected chi connectivity index (χ1v) is 6.02. The average Bonchev–Trinajstić information content (AvgIpc) is 2.49. The Hall–Kier alpha value is -2.83. The Labute approximate surface area is 121 Å². The van der Waals surface area contributed by atoms with Gasteiger partial charge in [0.15, 0.2) is 5.83 Å². The number of amides is 4. The van der Waals surface area contributed by atoms with Gasteiger partial charge in [0.25, 0.3) is 0 Å². The van der Waals surface area contributed by atoms with E-state index in [0.717, 1.165) is 11.1 Å². The molecule has 1 heterocycles. The molecular formula is C14H14FN3O3. The quantitative estimate of drug-likeness (QED) is 0.911. The first-order chi connectivity index (χ1) is 9.93. The largest absolute Gasteiger partial charge is 0.497 e. The minimum absolute atomic E-state index is 0.0894. The summed E-state index contributed by atoms with van der Waals surface area (Å²) in [4.78, 5) is 25.5. The van der Waals surface area contributed by atoms with Gasteiger partial charge in [-0.15, -0.1) is 0 Å². The van der Waals surface area contributed by atoms with Gasteiger partial charge in [-0.2, -0.15) is 0 Å². The number of rotatable bonds is 2. The summed E-state index contributed by atoms with van der Waals surface area (Å²) in [6, 6.07) is 5.06. The fourth-order valence-corrected chi connectivity index (χ4v) is 1.68. The zero-order valence-electron chi connectivity index (χ0n) is 11.6. The molecule has 0 bridgehead atoms. The molecule has 110 valence electrons. The molecule has 0 spiro atoms. The van der Waals surface area contributed by atoms with Crippen LogP contribution in [-0.4, -0.2) is 36.0 Å². The number of hydrogen-bond acceptors (Lipinski definition) is 3. The molecule has 6 nitrogen and oxygen atoms in total.